The molecule has 2 aromatic rings. The zero-order valence-electron chi connectivity index (χ0n) is 9.80. The molecule has 6 nitrogen and oxygen atoms in total. The molecule has 0 atom stereocenters. The topological polar surface area (TPSA) is 68.5 Å². The second-order valence-electron chi connectivity index (χ2n) is 3.65. The maximum atomic E-state index is 10.9. The van der Waals surface area contributed by atoms with Crippen LogP contribution in [-0.2, 0) is 9.53 Å². The van der Waals surface area contributed by atoms with Gasteiger partial charge >= 0.3 is 5.97 Å². The SMILES string of the molecule is COC(=O)CCNc1nc2c(C)cccn2n1. The third kappa shape index (κ3) is 2.52. The number of anilines is 1. The van der Waals surface area contributed by atoms with Crippen LogP contribution in [0.15, 0.2) is 18.3 Å². The number of hydrogen-bond acceptors (Lipinski definition) is 5. The Balaban J connectivity index is 2.05. The first-order valence-electron chi connectivity index (χ1n) is 5.33. The van der Waals surface area contributed by atoms with Crippen LogP contribution in [0.3, 0.4) is 0 Å². The maximum absolute atomic E-state index is 10.9. The summed E-state index contributed by atoms with van der Waals surface area (Å²) in [7, 11) is 1.37. The van der Waals surface area contributed by atoms with Crippen LogP contribution >= 0.6 is 0 Å². The van der Waals surface area contributed by atoms with Gasteiger partial charge in [0.1, 0.15) is 0 Å². The molecule has 0 saturated heterocycles. The van der Waals surface area contributed by atoms with Crippen molar-refractivity contribution in [2.45, 2.75) is 13.3 Å². The Kier molecular flexibility index (Phi) is 3.22. The van der Waals surface area contributed by atoms with Crippen molar-refractivity contribution in [3.63, 3.8) is 0 Å². The molecule has 2 heterocycles. The van der Waals surface area contributed by atoms with Crippen LogP contribution in [0, 0.1) is 6.92 Å². The van der Waals surface area contributed by atoms with Crippen molar-refractivity contribution in [1.29, 1.82) is 0 Å². The molecule has 0 bridgehead atoms. The van der Waals surface area contributed by atoms with E-state index in [2.05, 4.69) is 20.1 Å². The van der Waals surface area contributed by atoms with Crippen LogP contribution in [0.1, 0.15) is 12.0 Å². The fraction of sp³-hybridized carbons (Fsp3) is 0.364. The van der Waals surface area contributed by atoms with E-state index in [9.17, 15) is 4.79 Å². The minimum Gasteiger partial charge on any atom is -0.469 e. The molecule has 0 spiro atoms. The Labute approximate surface area is 98.6 Å². The minimum absolute atomic E-state index is 0.252. The summed E-state index contributed by atoms with van der Waals surface area (Å²) in [6, 6.07) is 3.89. The third-order valence-electron chi connectivity index (χ3n) is 2.40. The maximum Gasteiger partial charge on any atom is 0.307 e. The van der Waals surface area contributed by atoms with Gasteiger partial charge < -0.3 is 10.1 Å². The lowest BCUT2D eigenvalue weighted by atomic mass is 10.3. The van der Waals surface area contributed by atoms with Crippen LogP contribution in [0.4, 0.5) is 5.95 Å². The van der Waals surface area contributed by atoms with Gasteiger partial charge in [-0.2, -0.15) is 4.98 Å². The summed E-state index contributed by atoms with van der Waals surface area (Å²) in [6.45, 7) is 2.44. The number of ether oxygens (including phenoxy) is 1. The number of fused-ring (bicyclic) bond motifs is 1. The van der Waals surface area contributed by atoms with E-state index in [0.717, 1.165) is 11.2 Å². The smallest absolute Gasteiger partial charge is 0.307 e. The molecule has 0 saturated carbocycles. The van der Waals surface area contributed by atoms with Gasteiger partial charge in [-0.1, -0.05) is 6.07 Å². The number of aryl methyl sites for hydroxylation is 1. The molecule has 2 rings (SSSR count). The fourth-order valence-corrected chi connectivity index (χ4v) is 1.49. The van der Waals surface area contributed by atoms with Gasteiger partial charge in [0.05, 0.1) is 13.5 Å². The summed E-state index contributed by atoms with van der Waals surface area (Å²) in [4.78, 5) is 15.2. The molecule has 0 aliphatic carbocycles. The Morgan fingerprint density at radius 3 is 3.12 bits per heavy atom. The van der Waals surface area contributed by atoms with Crippen molar-refractivity contribution >= 4 is 17.6 Å². The number of carbonyl (C=O) groups is 1. The molecule has 6 heteroatoms. The summed E-state index contributed by atoms with van der Waals surface area (Å²) in [5.41, 5.74) is 1.87. The highest BCUT2D eigenvalue weighted by atomic mass is 16.5. The molecule has 0 radical (unpaired) electrons. The molecule has 0 unspecified atom stereocenters. The number of hydrogen-bond donors (Lipinski definition) is 1. The highest BCUT2D eigenvalue weighted by Gasteiger charge is 2.05. The number of pyridine rings is 1. The molecule has 0 aliphatic rings. The van der Waals surface area contributed by atoms with Crippen molar-refractivity contribution in [3.05, 3.63) is 23.9 Å². The lowest BCUT2D eigenvalue weighted by Crippen LogP contribution is -2.10. The lowest BCUT2D eigenvalue weighted by molar-refractivity contribution is -0.140. The van der Waals surface area contributed by atoms with Gasteiger partial charge in [-0.15, -0.1) is 5.10 Å². The largest absolute Gasteiger partial charge is 0.469 e. The van der Waals surface area contributed by atoms with Crippen molar-refractivity contribution in [2.24, 2.45) is 0 Å². The number of aromatic nitrogens is 3. The number of carbonyl (C=O) groups excluding carboxylic acids is 1. The monoisotopic (exact) mass is 234 g/mol. The van der Waals surface area contributed by atoms with Gasteiger partial charge in [-0.25, -0.2) is 4.52 Å². The summed E-state index contributed by atoms with van der Waals surface area (Å²) in [5.74, 6) is 0.264. The highest BCUT2D eigenvalue weighted by molar-refractivity contribution is 5.69. The molecule has 2 aromatic heterocycles. The zero-order chi connectivity index (χ0) is 12.3. The number of nitrogens with zero attached hydrogens (tertiary/aromatic N) is 3. The Morgan fingerprint density at radius 2 is 2.41 bits per heavy atom. The summed E-state index contributed by atoms with van der Waals surface area (Å²) >= 11 is 0. The zero-order valence-corrected chi connectivity index (χ0v) is 9.80. The Hall–Kier alpha value is -2.11. The second-order valence-corrected chi connectivity index (χ2v) is 3.65. The predicted molar refractivity (Wildman–Crippen MR) is 62.8 cm³/mol. The standard InChI is InChI=1S/C11H14N4O2/c1-8-4-3-7-15-10(8)13-11(14-15)12-6-5-9(16)17-2/h3-4,7H,5-6H2,1-2H3,(H,12,14). The second kappa shape index (κ2) is 4.82. The molecule has 0 amide bonds. The quantitative estimate of drug-likeness (QED) is 0.800. The van der Waals surface area contributed by atoms with Gasteiger partial charge in [0.2, 0.25) is 5.95 Å². The van der Waals surface area contributed by atoms with Crippen LogP contribution < -0.4 is 5.32 Å². The van der Waals surface area contributed by atoms with Crippen molar-refractivity contribution < 1.29 is 9.53 Å². The molecule has 0 aromatic carbocycles. The van der Waals surface area contributed by atoms with Crippen LogP contribution in [0.25, 0.3) is 5.65 Å². The average Bonchev–Trinajstić information content (AvgIpc) is 2.73. The van der Waals surface area contributed by atoms with Gasteiger partial charge in [0, 0.05) is 12.7 Å². The van der Waals surface area contributed by atoms with E-state index >= 15 is 0 Å². The summed E-state index contributed by atoms with van der Waals surface area (Å²) in [6.07, 6.45) is 2.13. The molecule has 0 fully saturated rings. The molecule has 17 heavy (non-hydrogen) atoms. The Bertz CT molecular complexity index is 535. The van der Waals surface area contributed by atoms with E-state index in [1.165, 1.54) is 7.11 Å². The summed E-state index contributed by atoms with van der Waals surface area (Å²) in [5, 5.41) is 7.22. The number of esters is 1. The average molecular weight is 234 g/mol. The van der Waals surface area contributed by atoms with Gasteiger partial charge in [-0.3, -0.25) is 4.79 Å². The van der Waals surface area contributed by atoms with Crippen LogP contribution in [-0.4, -0.2) is 34.2 Å². The summed E-state index contributed by atoms with van der Waals surface area (Å²) < 4.78 is 6.25. The first kappa shape index (κ1) is 11.4. The highest BCUT2D eigenvalue weighted by Crippen LogP contribution is 2.09. The fourth-order valence-electron chi connectivity index (χ4n) is 1.49. The predicted octanol–water partition coefficient (Wildman–Crippen LogP) is 1.01. The third-order valence-corrected chi connectivity index (χ3v) is 2.40. The first-order chi connectivity index (χ1) is 8.20. The van der Waals surface area contributed by atoms with E-state index in [1.807, 2.05) is 25.3 Å². The van der Waals surface area contributed by atoms with Gasteiger partial charge in [-0.05, 0) is 18.6 Å². The molecular weight excluding hydrogens is 220 g/mol. The molecular formula is C11H14N4O2. The van der Waals surface area contributed by atoms with E-state index < -0.39 is 0 Å². The van der Waals surface area contributed by atoms with Crippen LogP contribution in [0.2, 0.25) is 0 Å². The number of methoxy groups -OCH3 is 1. The normalized spacial score (nSPS) is 10.5. The van der Waals surface area contributed by atoms with E-state index in [4.69, 9.17) is 0 Å². The Morgan fingerprint density at radius 1 is 1.59 bits per heavy atom. The molecule has 1 N–H and O–H groups in total. The number of rotatable bonds is 4. The van der Waals surface area contributed by atoms with Crippen molar-refractivity contribution in [1.82, 2.24) is 14.6 Å². The first-order valence-corrected chi connectivity index (χ1v) is 5.33. The van der Waals surface area contributed by atoms with Crippen LogP contribution in [0.5, 0.6) is 0 Å². The minimum atomic E-state index is -0.252. The number of nitrogens with one attached hydrogen (secondary N) is 1. The van der Waals surface area contributed by atoms with Gasteiger partial charge in [0.15, 0.2) is 5.65 Å². The van der Waals surface area contributed by atoms with Gasteiger partial charge in [0.25, 0.3) is 0 Å². The molecule has 90 valence electrons. The molecule has 0 aliphatic heterocycles. The van der Waals surface area contributed by atoms with Crippen molar-refractivity contribution in [2.75, 3.05) is 19.0 Å². The van der Waals surface area contributed by atoms with E-state index in [1.54, 1.807) is 4.52 Å². The van der Waals surface area contributed by atoms with E-state index in [-0.39, 0.29) is 5.97 Å². The van der Waals surface area contributed by atoms with Crippen molar-refractivity contribution in [3.8, 4) is 0 Å². The van der Waals surface area contributed by atoms with E-state index in [0.29, 0.717) is 18.9 Å². The lowest BCUT2D eigenvalue weighted by Gasteiger charge is -1.99.